The number of sulfone groups is 1. The predicted octanol–water partition coefficient (Wildman–Crippen LogP) is 2.40. The Bertz CT molecular complexity index is 1150. The monoisotopic (exact) mass is 444 g/mol. The minimum atomic E-state index is -3.03. The van der Waals surface area contributed by atoms with Crippen LogP contribution < -0.4 is 5.32 Å². The van der Waals surface area contributed by atoms with Crippen LogP contribution >= 0.6 is 0 Å². The molecule has 3 aromatic rings. The van der Waals surface area contributed by atoms with Gasteiger partial charge in [-0.3, -0.25) is 4.79 Å². The van der Waals surface area contributed by atoms with Crippen LogP contribution in [0.25, 0.3) is 11.5 Å². The molecule has 31 heavy (non-hydrogen) atoms. The summed E-state index contributed by atoms with van der Waals surface area (Å²) in [6.07, 6.45) is 3.64. The van der Waals surface area contributed by atoms with Gasteiger partial charge in [-0.15, -0.1) is 0 Å². The summed E-state index contributed by atoms with van der Waals surface area (Å²) < 4.78 is 41.5. The Kier molecular flexibility index (Phi) is 5.99. The number of hydrogen-bond acceptors (Lipinski definition) is 7. The Labute approximate surface area is 179 Å². The molecule has 4 rings (SSSR count). The van der Waals surface area contributed by atoms with Crippen molar-refractivity contribution in [2.24, 2.45) is 0 Å². The SMILES string of the molecule is O=C(c1ccc(NCCc2coc(-c3ccc(F)cc3)n2)nc1)N1CCS(=O)(=O)CC1. The summed E-state index contributed by atoms with van der Waals surface area (Å²) in [4.78, 5) is 22.7. The summed E-state index contributed by atoms with van der Waals surface area (Å²) in [5, 5.41) is 3.16. The van der Waals surface area contributed by atoms with Crippen LogP contribution in [0.2, 0.25) is 0 Å². The number of anilines is 1. The molecule has 1 N–H and O–H groups in total. The van der Waals surface area contributed by atoms with Gasteiger partial charge in [-0.1, -0.05) is 0 Å². The van der Waals surface area contributed by atoms with Crippen molar-refractivity contribution in [3.05, 3.63) is 65.9 Å². The van der Waals surface area contributed by atoms with Gasteiger partial charge in [-0.2, -0.15) is 0 Å². The highest BCUT2D eigenvalue weighted by Gasteiger charge is 2.25. The van der Waals surface area contributed by atoms with Crippen LogP contribution in [0.3, 0.4) is 0 Å². The maximum atomic E-state index is 13.0. The largest absolute Gasteiger partial charge is 0.444 e. The molecule has 3 heterocycles. The molecule has 1 aliphatic rings. The third-order valence-corrected chi connectivity index (χ3v) is 6.58. The molecule has 8 nitrogen and oxygen atoms in total. The second kappa shape index (κ2) is 8.84. The molecule has 1 aliphatic heterocycles. The van der Waals surface area contributed by atoms with E-state index in [4.69, 9.17) is 4.42 Å². The highest BCUT2D eigenvalue weighted by Crippen LogP contribution is 2.19. The minimum Gasteiger partial charge on any atom is -0.444 e. The van der Waals surface area contributed by atoms with E-state index in [1.54, 1.807) is 30.5 Å². The third kappa shape index (κ3) is 5.26. The first-order chi connectivity index (χ1) is 14.9. The van der Waals surface area contributed by atoms with Gasteiger partial charge in [0.2, 0.25) is 5.89 Å². The van der Waals surface area contributed by atoms with Gasteiger partial charge in [-0.25, -0.2) is 22.8 Å². The lowest BCUT2D eigenvalue weighted by molar-refractivity contribution is 0.0770. The van der Waals surface area contributed by atoms with E-state index in [2.05, 4.69) is 15.3 Å². The molecule has 10 heteroatoms. The lowest BCUT2D eigenvalue weighted by Crippen LogP contribution is -2.43. The van der Waals surface area contributed by atoms with Crippen molar-refractivity contribution in [1.29, 1.82) is 0 Å². The number of carbonyl (C=O) groups is 1. The van der Waals surface area contributed by atoms with Gasteiger partial charge >= 0.3 is 0 Å². The van der Waals surface area contributed by atoms with E-state index >= 15 is 0 Å². The van der Waals surface area contributed by atoms with Crippen molar-refractivity contribution in [3.63, 3.8) is 0 Å². The zero-order valence-corrected chi connectivity index (χ0v) is 17.4. The van der Waals surface area contributed by atoms with Crippen LogP contribution in [0.15, 0.2) is 53.3 Å². The maximum absolute atomic E-state index is 13.0. The molecule has 1 saturated heterocycles. The summed E-state index contributed by atoms with van der Waals surface area (Å²) in [5.41, 5.74) is 1.87. The third-order valence-electron chi connectivity index (χ3n) is 4.97. The molecule has 1 aromatic carbocycles. The lowest BCUT2D eigenvalue weighted by Gasteiger charge is -2.26. The number of carbonyl (C=O) groups excluding carboxylic acids is 1. The van der Waals surface area contributed by atoms with Crippen molar-refractivity contribution < 1.29 is 22.0 Å². The summed E-state index contributed by atoms with van der Waals surface area (Å²) >= 11 is 0. The number of rotatable bonds is 6. The number of hydrogen-bond donors (Lipinski definition) is 1. The van der Waals surface area contributed by atoms with E-state index in [0.29, 0.717) is 35.8 Å². The smallest absolute Gasteiger partial charge is 0.255 e. The zero-order valence-electron chi connectivity index (χ0n) is 16.6. The molecule has 162 valence electrons. The number of benzene rings is 1. The quantitative estimate of drug-likeness (QED) is 0.622. The molecule has 2 aromatic heterocycles. The summed E-state index contributed by atoms with van der Waals surface area (Å²) in [5.74, 6) is 0.503. The molecular formula is C21H21FN4O4S. The predicted molar refractivity (Wildman–Crippen MR) is 113 cm³/mol. The lowest BCUT2D eigenvalue weighted by atomic mass is 10.2. The van der Waals surface area contributed by atoms with Crippen LogP contribution in [0.4, 0.5) is 10.2 Å². The number of nitrogens with zero attached hydrogens (tertiary/aromatic N) is 3. The number of amides is 1. The minimum absolute atomic E-state index is 0.00325. The highest BCUT2D eigenvalue weighted by molar-refractivity contribution is 7.91. The second-order valence-corrected chi connectivity index (χ2v) is 9.51. The fourth-order valence-electron chi connectivity index (χ4n) is 3.19. The summed E-state index contributed by atoms with van der Waals surface area (Å²) in [6.45, 7) is 0.969. The van der Waals surface area contributed by atoms with Gasteiger partial charge in [0.15, 0.2) is 9.84 Å². The molecule has 0 spiro atoms. The normalized spacial score (nSPS) is 15.6. The maximum Gasteiger partial charge on any atom is 0.255 e. The Morgan fingerprint density at radius 3 is 2.55 bits per heavy atom. The van der Waals surface area contributed by atoms with E-state index in [1.807, 2.05) is 0 Å². The Balaban J connectivity index is 1.28. The van der Waals surface area contributed by atoms with Gasteiger partial charge in [-0.05, 0) is 36.4 Å². The number of aromatic nitrogens is 2. The van der Waals surface area contributed by atoms with Gasteiger partial charge in [0.1, 0.15) is 17.9 Å². The first kappa shape index (κ1) is 21.0. The Hall–Kier alpha value is -3.27. The Morgan fingerprint density at radius 2 is 1.87 bits per heavy atom. The van der Waals surface area contributed by atoms with Crippen LogP contribution in [0.1, 0.15) is 16.1 Å². The number of pyridine rings is 1. The van der Waals surface area contributed by atoms with Crippen molar-refractivity contribution in [2.45, 2.75) is 6.42 Å². The highest BCUT2D eigenvalue weighted by atomic mass is 32.2. The number of halogens is 1. The van der Waals surface area contributed by atoms with Crippen molar-refractivity contribution in [1.82, 2.24) is 14.9 Å². The average molecular weight is 444 g/mol. The molecule has 0 bridgehead atoms. The number of oxazole rings is 1. The van der Waals surface area contributed by atoms with Crippen molar-refractivity contribution in [3.8, 4) is 11.5 Å². The molecule has 0 saturated carbocycles. The standard InChI is InChI=1S/C21H21FN4O4S/c22-17-4-1-15(2-5-17)20-25-18(14-30-20)7-8-23-19-6-3-16(13-24-19)21(27)26-9-11-31(28,29)12-10-26/h1-6,13-14H,7-12H2,(H,23,24). The first-order valence-electron chi connectivity index (χ1n) is 9.80. The molecule has 0 radical (unpaired) electrons. The molecule has 1 fully saturated rings. The molecular weight excluding hydrogens is 423 g/mol. The Morgan fingerprint density at radius 1 is 1.13 bits per heavy atom. The van der Waals surface area contributed by atoms with Crippen LogP contribution in [-0.2, 0) is 16.3 Å². The molecule has 0 unspecified atom stereocenters. The first-order valence-corrected chi connectivity index (χ1v) is 11.6. The summed E-state index contributed by atoms with van der Waals surface area (Å²) in [7, 11) is -3.03. The molecule has 0 atom stereocenters. The topological polar surface area (TPSA) is 105 Å². The van der Waals surface area contributed by atoms with Crippen LogP contribution in [0, 0.1) is 5.82 Å². The fraction of sp³-hybridized carbons (Fsp3) is 0.286. The zero-order chi connectivity index (χ0) is 21.8. The van der Waals surface area contributed by atoms with Gasteiger partial charge in [0.05, 0.1) is 22.8 Å². The van der Waals surface area contributed by atoms with Crippen LogP contribution in [-0.4, -0.2) is 60.3 Å². The van der Waals surface area contributed by atoms with Gasteiger partial charge < -0.3 is 14.6 Å². The molecule has 0 aliphatic carbocycles. The van der Waals surface area contributed by atoms with E-state index in [0.717, 1.165) is 5.69 Å². The van der Waals surface area contributed by atoms with E-state index in [-0.39, 0.29) is 36.3 Å². The van der Waals surface area contributed by atoms with Crippen LogP contribution in [0.5, 0.6) is 0 Å². The van der Waals surface area contributed by atoms with E-state index in [9.17, 15) is 17.6 Å². The van der Waals surface area contributed by atoms with Gasteiger partial charge in [0.25, 0.3) is 5.91 Å². The van der Waals surface area contributed by atoms with Gasteiger partial charge in [0, 0.05) is 37.8 Å². The summed E-state index contributed by atoms with van der Waals surface area (Å²) in [6, 6.07) is 9.31. The van der Waals surface area contributed by atoms with E-state index in [1.165, 1.54) is 23.2 Å². The second-order valence-electron chi connectivity index (χ2n) is 7.20. The van der Waals surface area contributed by atoms with Crippen molar-refractivity contribution >= 4 is 21.6 Å². The molecule has 1 amide bonds. The fourth-order valence-corrected chi connectivity index (χ4v) is 4.39. The van der Waals surface area contributed by atoms with Crippen molar-refractivity contribution in [2.75, 3.05) is 36.5 Å². The average Bonchev–Trinajstić information content (AvgIpc) is 3.23. The number of nitrogens with one attached hydrogen (secondary N) is 1. The van der Waals surface area contributed by atoms with E-state index < -0.39 is 9.84 Å².